The number of methoxy groups -OCH3 is 1. The first-order chi connectivity index (χ1) is 9.58. The molecule has 0 radical (unpaired) electrons. The van der Waals surface area contributed by atoms with Crippen LogP contribution in [0.1, 0.15) is 32.6 Å². The molecule has 0 spiro atoms. The Morgan fingerprint density at radius 2 is 2.00 bits per heavy atom. The van der Waals surface area contributed by atoms with Crippen LogP contribution in [0.4, 0.5) is 11.4 Å². The predicted octanol–water partition coefficient (Wildman–Crippen LogP) is 2.34. The fourth-order valence-electron chi connectivity index (χ4n) is 2.59. The Balaban J connectivity index is 2.09. The van der Waals surface area contributed by atoms with Crippen LogP contribution in [0.25, 0.3) is 0 Å². The maximum atomic E-state index is 11.1. The van der Waals surface area contributed by atoms with Gasteiger partial charge in [0.15, 0.2) is 0 Å². The lowest BCUT2D eigenvalue weighted by atomic mass is 9.91. The average molecular weight is 277 g/mol. The van der Waals surface area contributed by atoms with Crippen LogP contribution in [0.2, 0.25) is 0 Å². The highest BCUT2D eigenvalue weighted by Crippen LogP contribution is 2.30. The van der Waals surface area contributed by atoms with E-state index in [2.05, 4.69) is 10.6 Å². The molecule has 1 aliphatic carbocycles. The van der Waals surface area contributed by atoms with Crippen molar-refractivity contribution in [1.29, 1.82) is 0 Å². The summed E-state index contributed by atoms with van der Waals surface area (Å²) in [5, 5.41) is 6.29. The van der Waals surface area contributed by atoms with E-state index in [4.69, 9.17) is 10.5 Å². The number of carbonyl (C=O) groups excluding carboxylic acids is 1. The lowest BCUT2D eigenvalue weighted by molar-refractivity contribution is -0.114. The zero-order valence-electron chi connectivity index (χ0n) is 12.1. The largest absolute Gasteiger partial charge is 0.495 e. The van der Waals surface area contributed by atoms with Gasteiger partial charge in [-0.15, -0.1) is 0 Å². The van der Waals surface area contributed by atoms with Crippen molar-refractivity contribution < 1.29 is 9.53 Å². The van der Waals surface area contributed by atoms with Gasteiger partial charge < -0.3 is 21.1 Å². The van der Waals surface area contributed by atoms with E-state index in [0.717, 1.165) is 42.8 Å². The number of hydrogen-bond donors (Lipinski definition) is 3. The van der Waals surface area contributed by atoms with Crippen LogP contribution in [0.5, 0.6) is 5.75 Å². The molecule has 0 unspecified atom stereocenters. The number of anilines is 2. The molecular formula is C15H23N3O2. The van der Waals surface area contributed by atoms with Crippen LogP contribution >= 0.6 is 0 Å². The van der Waals surface area contributed by atoms with E-state index in [9.17, 15) is 4.79 Å². The third kappa shape index (κ3) is 3.87. The summed E-state index contributed by atoms with van der Waals surface area (Å²) >= 11 is 0. The second-order valence-electron chi connectivity index (χ2n) is 5.35. The quantitative estimate of drug-likeness (QED) is 0.789. The summed E-state index contributed by atoms with van der Waals surface area (Å²) in [5.41, 5.74) is 7.61. The first-order valence-corrected chi connectivity index (χ1v) is 7.06. The Hall–Kier alpha value is -1.75. The summed E-state index contributed by atoms with van der Waals surface area (Å²) in [6.07, 6.45) is 4.22. The molecule has 1 saturated carbocycles. The molecule has 5 heteroatoms. The normalized spacial score (nSPS) is 22.1. The zero-order valence-corrected chi connectivity index (χ0v) is 12.1. The van der Waals surface area contributed by atoms with Crippen molar-refractivity contribution in [1.82, 2.24) is 0 Å². The van der Waals surface area contributed by atoms with E-state index in [-0.39, 0.29) is 5.91 Å². The number of ether oxygens (including phenoxy) is 1. The summed E-state index contributed by atoms with van der Waals surface area (Å²) in [6.45, 7) is 1.50. The minimum atomic E-state index is -0.0789. The van der Waals surface area contributed by atoms with Gasteiger partial charge in [0.1, 0.15) is 5.75 Å². The van der Waals surface area contributed by atoms with Crippen molar-refractivity contribution in [3.05, 3.63) is 18.2 Å². The zero-order chi connectivity index (χ0) is 14.5. The van der Waals surface area contributed by atoms with Gasteiger partial charge in [0.2, 0.25) is 5.91 Å². The number of benzene rings is 1. The third-order valence-electron chi connectivity index (χ3n) is 3.65. The average Bonchev–Trinajstić information content (AvgIpc) is 2.41. The number of nitrogens with two attached hydrogens (primary N) is 1. The molecule has 1 fully saturated rings. The van der Waals surface area contributed by atoms with E-state index in [0.29, 0.717) is 12.1 Å². The van der Waals surface area contributed by atoms with Crippen molar-refractivity contribution in [3.8, 4) is 5.75 Å². The molecular weight excluding hydrogens is 254 g/mol. The van der Waals surface area contributed by atoms with Gasteiger partial charge in [-0.25, -0.2) is 0 Å². The Labute approximate surface area is 119 Å². The van der Waals surface area contributed by atoms with E-state index in [1.54, 1.807) is 7.11 Å². The molecule has 0 heterocycles. The van der Waals surface area contributed by atoms with Crippen LogP contribution in [0.3, 0.4) is 0 Å². The molecule has 2 rings (SSSR count). The van der Waals surface area contributed by atoms with Crippen LogP contribution < -0.4 is 21.1 Å². The molecule has 0 saturated heterocycles. The van der Waals surface area contributed by atoms with Gasteiger partial charge in [0.25, 0.3) is 0 Å². The topological polar surface area (TPSA) is 76.4 Å². The lowest BCUT2D eigenvalue weighted by Crippen LogP contribution is -2.32. The Bertz CT molecular complexity index is 468. The maximum Gasteiger partial charge on any atom is 0.221 e. The molecule has 110 valence electrons. The summed E-state index contributed by atoms with van der Waals surface area (Å²) in [5.74, 6) is 0.707. The first kappa shape index (κ1) is 14.7. The fourth-order valence-corrected chi connectivity index (χ4v) is 2.59. The monoisotopic (exact) mass is 277 g/mol. The molecule has 0 aromatic heterocycles. The molecule has 4 N–H and O–H groups in total. The van der Waals surface area contributed by atoms with Crippen molar-refractivity contribution in [2.24, 2.45) is 5.73 Å². The molecule has 5 nitrogen and oxygen atoms in total. The van der Waals surface area contributed by atoms with Crippen molar-refractivity contribution in [2.45, 2.75) is 44.7 Å². The Morgan fingerprint density at radius 3 is 2.60 bits per heavy atom. The second-order valence-corrected chi connectivity index (χ2v) is 5.35. The lowest BCUT2D eigenvalue weighted by Gasteiger charge is -2.28. The number of carbonyl (C=O) groups is 1. The Kier molecular flexibility index (Phi) is 4.84. The van der Waals surface area contributed by atoms with Gasteiger partial charge in [-0.3, -0.25) is 4.79 Å². The number of amides is 1. The standard InChI is InChI=1S/C15H23N3O2/c1-10(19)17-13-7-8-15(20-2)14(9-13)18-12-5-3-11(16)4-6-12/h7-9,11-12,18H,3-6,16H2,1-2H3,(H,17,19). The number of rotatable bonds is 4. The highest BCUT2D eigenvalue weighted by Gasteiger charge is 2.19. The smallest absolute Gasteiger partial charge is 0.221 e. The molecule has 0 aliphatic heterocycles. The molecule has 1 aromatic carbocycles. The van der Waals surface area contributed by atoms with Crippen LogP contribution in [0.15, 0.2) is 18.2 Å². The second kappa shape index (κ2) is 6.61. The highest BCUT2D eigenvalue weighted by molar-refractivity contribution is 5.89. The van der Waals surface area contributed by atoms with Gasteiger partial charge in [0, 0.05) is 24.7 Å². The van der Waals surface area contributed by atoms with Crippen molar-refractivity contribution >= 4 is 17.3 Å². The fraction of sp³-hybridized carbons (Fsp3) is 0.533. The van der Waals surface area contributed by atoms with E-state index < -0.39 is 0 Å². The van der Waals surface area contributed by atoms with Gasteiger partial charge in [-0.1, -0.05) is 0 Å². The number of nitrogens with one attached hydrogen (secondary N) is 2. The van der Waals surface area contributed by atoms with E-state index in [1.165, 1.54) is 6.92 Å². The maximum absolute atomic E-state index is 11.1. The summed E-state index contributed by atoms with van der Waals surface area (Å²) in [4.78, 5) is 11.1. The Morgan fingerprint density at radius 1 is 1.30 bits per heavy atom. The first-order valence-electron chi connectivity index (χ1n) is 7.06. The summed E-state index contributed by atoms with van der Waals surface area (Å²) in [7, 11) is 1.65. The predicted molar refractivity (Wildman–Crippen MR) is 81.2 cm³/mol. The molecule has 1 aromatic rings. The molecule has 0 bridgehead atoms. The van der Waals surface area contributed by atoms with Crippen molar-refractivity contribution in [3.63, 3.8) is 0 Å². The van der Waals surface area contributed by atoms with Gasteiger partial charge >= 0.3 is 0 Å². The van der Waals surface area contributed by atoms with E-state index in [1.807, 2.05) is 18.2 Å². The molecule has 0 atom stereocenters. The molecule has 20 heavy (non-hydrogen) atoms. The third-order valence-corrected chi connectivity index (χ3v) is 3.65. The number of hydrogen-bond acceptors (Lipinski definition) is 4. The van der Waals surface area contributed by atoms with Crippen LogP contribution in [-0.2, 0) is 4.79 Å². The summed E-state index contributed by atoms with van der Waals surface area (Å²) in [6, 6.07) is 6.36. The van der Waals surface area contributed by atoms with Crippen LogP contribution in [-0.4, -0.2) is 25.1 Å². The van der Waals surface area contributed by atoms with Gasteiger partial charge in [-0.05, 0) is 43.9 Å². The van der Waals surface area contributed by atoms with Gasteiger partial charge in [0.05, 0.1) is 12.8 Å². The van der Waals surface area contributed by atoms with Crippen LogP contribution in [0, 0.1) is 0 Å². The molecule has 1 aliphatic rings. The summed E-state index contributed by atoms with van der Waals surface area (Å²) < 4.78 is 5.37. The SMILES string of the molecule is COc1ccc(NC(C)=O)cc1NC1CCC(N)CC1. The highest BCUT2D eigenvalue weighted by atomic mass is 16.5. The minimum Gasteiger partial charge on any atom is -0.495 e. The minimum absolute atomic E-state index is 0.0789. The van der Waals surface area contributed by atoms with Gasteiger partial charge in [-0.2, -0.15) is 0 Å². The van der Waals surface area contributed by atoms with Crippen molar-refractivity contribution in [2.75, 3.05) is 17.7 Å². The molecule has 1 amide bonds. The van der Waals surface area contributed by atoms with E-state index >= 15 is 0 Å².